The van der Waals surface area contributed by atoms with Crippen LogP contribution in [-0.2, 0) is 4.79 Å². The molecule has 0 spiro atoms. The number of aryl methyl sites for hydroxylation is 2. The molecule has 0 aliphatic carbocycles. The summed E-state index contributed by atoms with van der Waals surface area (Å²) in [6.45, 7) is 7.99. The highest BCUT2D eigenvalue weighted by atomic mass is 16.3. The van der Waals surface area contributed by atoms with Crippen LogP contribution in [0.3, 0.4) is 0 Å². The van der Waals surface area contributed by atoms with E-state index in [4.69, 9.17) is 0 Å². The maximum atomic E-state index is 11.5. The smallest absolute Gasteiger partial charge is 0.220 e. The molecule has 0 bridgehead atoms. The summed E-state index contributed by atoms with van der Waals surface area (Å²) in [5.74, 6) is 0.0577. The van der Waals surface area contributed by atoms with Crippen LogP contribution in [0, 0.1) is 13.8 Å². The van der Waals surface area contributed by atoms with Crippen LogP contribution in [0.4, 0.5) is 0 Å². The molecule has 1 atom stereocenters. The van der Waals surface area contributed by atoms with Gasteiger partial charge in [-0.25, -0.2) is 0 Å². The highest BCUT2D eigenvalue weighted by Gasteiger charge is 2.10. The molecule has 1 aromatic rings. The lowest BCUT2D eigenvalue weighted by molar-refractivity contribution is -0.121. The van der Waals surface area contributed by atoms with E-state index in [1.165, 1.54) is 11.1 Å². The molecule has 1 aromatic carbocycles. The first-order valence-corrected chi connectivity index (χ1v) is 6.94. The maximum absolute atomic E-state index is 11.5. The average Bonchev–Trinajstić information content (AvgIpc) is 2.31. The Hall–Kier alpha value is -1.35. The summed E-state index contributed by atoms with van der Waals surface area (Å²) in [6.07, 6.45) is 1.31. The summed E-state index contributed by atoms with van der Waals surface area (Å²) < 4.78 is 0. The highest BCUT2D eigenvalue weighted by Crippen LogP contribution is 2.21. The summed E-state index contributed by atoms with van der Waals surface area (Å²) in [5.41, 5.74) is 3.36. The molecule has 1 amide bonds. The first-order chi connectivity index (χ1) is 8.90. The fraction of sp³-hybridized carbons (Fsp3) is 0.562. The van der Waals surface area contributed by atoms with Gasteiger partial charge in [0.2, 0.25) is 5.91 Å². The second-order valence-corrected chi connectivity index (χ2v) is 5.47. The minimum Gasteiger partial charge on any atom is -0.388 e. The van der Waals surface area contributed by atoms with Gasteiger partial charge in [-0.2, -0.15) is 0 Å². The maximum Gasteiger partial charge on any atom is 0.220 e. The van der Waals surface area contributed by atoms with Crippen LogP contribution in [0.5, 0.6) is 0 Å². The Bertz CT molecular complexity index is 427. The Morgan fingerprint density at radius 3 is 2.53 bits per heavy atom. The Kier molecular flexibility index (Phi) is 6.03. The Labute approximate surface area is 116 Å². The van der Waals surface area contributed by atoms with E-state index in [2.05, 4.69) is 12.2 Å². The van der Waals surface area contributed by atoms with Crippen LogP contribution in [0.25, 0.3) is 0 Å². The number of amides is 1. The number of hydrogen-bond acceptors (Lipinski definition) is 2. The number of hydrogen-bond donors (Lipinski definition) is 2. The Morgan fingerprint density at radius 1 is 1.26 bits per heavy atom. The number of nitrogens with one attached hydrogen (secondary N) is 1. The molecule has 1 rings (SSSR count). The van der Waals surface area contributed by atoms with Gasteiger partial charge in [-0.05, 0) is 57.2 Å². The van der Waals surface area contributed by atoms with Crippen LogP contribution in [0.1, 0.15) is 55.9 Å². The average molecular weight is 263 g/mol. The van der Waals surface area contributed by atoms with Gasteiger partial charge < -0.3 is 10.4 Å². The Morgan fingerprint density at radius 2 is 1.95 bits per heavy atom. The van der Waals surface area contributed by atoms with Crippen LogP contribution < -0.4 is 5.32 Å². The summed E-state index contributed by atoms with van der Waals surface area (Å²) >= 11 is 0. The zero-order chi connectivity index (χ0) is 14.4. The largest absolute Gasteiger partial charge is 0.388 e. The van der Waals surface area contributed by atoms with Crippen molar-refractivity contribution in [2.24, 2.45) is 0 Å². The number of benzene rings is 1. The highest BCUT2D eigenvalue weighted by molar-refractivity contribution is 5.76. The van der Waals surface area contributed by atoms with Gasteiger partial charge in [-0.15, -0.1) is 0 Å². The molecule has 0 aliphatic heterocycles. The van der Waals surface area contributed by atoms with Crippen LogP contribution in [0.2, 0.25) is 0 Å². The number of rotatable bonds is 6. The van der Waals surface area contributed by atoms with E-state index >= 15 is 0 Å². The van der Waals surface area contributed by atoms with Gasteiger partial charge in [0.05, 0.1) is 6.10 Å². The molecule has 3 heteroatoms. The zero-order valence-electron chi connectivity index (χ0n) is 12.4. The molecule has 106 valence electrons. The first-order valence-electron chi connectivity index (χ1n) is 6.94. The van der Waals surface area contributed by atoms with Gasteiger partial charge in [-0.1, -0.05) is 18.2 Å². The Balaban J connectivity index is 2.40. The van der Waals surface area contributed by atoms with Crippen molar-refractivity contribution < 1.29 is 9.90 Å². The fourth-order valence-corrected chi connectivity index (χ4v) is 1.99. The number of carbonyl (C=O) groups excluding carboxylic acids is 1. The van der Waals surface area contributed by atoms with Gasteiger partial charge in [0, 0.05) is 12.5 Å². The molecule has 3 nitrogen and oxygen atoms in total. The standard InChI is InChI=1S/C16H25NO2/c1-11(2)17-16(19)7-5-6-15(18)14-9-8-12(3)13(4)10-14/h8-11,15,18H,5-7H2,1-4H3,(H,17,19). The minimum absolute atomic E-state index is 0.0577. The van der Waals surface area contributed by atoms with E-state index < -0.39 is 6.10 Å². The van der Waals surface area contributed by atoms with Crippen LogP contribution in [0.15, 0.2) is 18.2 Å². The van der Waals surface area contributed by atoms with Gasteiger partial charge in [0.15, 0.2) is 0 Å². The van der Waals surface area contributed by atoms with Crippen molar-refractivity contribution in [1.82, 2.24) is 5.32 Å². The normalized spacial score (nSPS) is 12.5. The molecule has 0 heterocycles. The summed E-state index contributed by atoms with van der Waals surface area (Å²) in [5, 5.41) is 13.0. The molecule has 0 saturated carbocycles. The second-order valence-electron chi connectivity index (χ2n) is 5.47. The fourth-order valence-electron chi connectivity index (χ4n) is 1.99. The second kappa shape index (κ2) is 7.29. The number of aliphatic hydroxyl groups excluding tert-OH is 1. The third-order valence-corrected chi connectivity index (χ3v) is 3.25. The molecule has 0 aromatic heterocycles. The van der Waals surface area contributed by atoms with Crippen LogP contribution in [-0.4, -0.2) is 17.1 Å². The van der Waals surface area contributed by atoms with Crippen molar-refractivity contribution >= 4 is 5.91 Å². The molecule has 0 saturated heterocycles. The van der Waals surface area contributed by atoms with Gasteiger partial charge in [-0.3, -0.25) is 4.79 Å². The van der Waals surface area contributed by atoms with Crippen molar-refractivity contribution in [2.45, 2.75) is 59.1 Å². The summed E-state index contributed by atoms with van der Waals surface area (Å²) in [4.78, 5) is 11.5. The molecular weight excluding hydrogens is 238 g/mol. The van der Waals surface area contributed by atoms with Crippen LogP contribution >= 0.6 is 0 Å². The lowest BCUT2D eigenvalue weighted by Crippen LogP contribution is -2.29. The molecule has 0 fully saturated rings. The van der Waals surface area contributed by atoms with Crippen molar-refractivity contribution in [3.63, 3.8) is 0 Å². The molecule has 0 radical (unpaired) electrons. The van der Waals surface area contributed by atoms with E-state index in [-0.39, 0.29) is 11.9 Å². The lowest BCUT2D eigenvalue weighted by atomic mass is 9.99. The van der Waals surface area contributed by atoms with Crippen molar-refractivity contribution in [3.05, 3.63) is 34.9 Å². The quantitative estimate of drug-likeness (QED) is 0.829. The monoisotopic (exact) mass is 263 g/mol. The molecule has 19 heavy (non-hydrogen) atoms. The van der Waals surface area contributed by atoms with E-state index in [1.807, 2.05) is 39.0 Å². The topological polar surface area (TPSA) is 49.3 Å². The number of carbonyl (C=O) groups is 1. The molecular formula is C16H25NO2. The van der Waals surface area contributed by atoms with Gasteiger partial charge in [0.1, 0.15) is 0 Å². The van der Waals surface area contributed by atoms with E-state index in [0.29, 0.717) is 19.3 Å². The zero-order valence-corrected chi connectivity index (χ0v) is 12.4. The third-order valence-electron chi connectivity index (χ3n) is 3.25. The van der Waals surface area contributed by atoms with Gasteiger partial charge in [0.25, 0.3) is 0 Å². The SMILES string of the molecule is Cc1ccc(C(O)CCCC(=O)NC(C)C)cc1C. The lowest BCUT2D eigenvalue weighted by Gasteiger charge is -2.13. The molecule has 2 N–H and O–H groups in total. The molecule has 1 unspecified atom stereocenters. The first kappa shape index (κ1) is 15.7. The van der Waals surface area contributed by atoms with E-state index in [1.54, 1.807) is 0 Å². The van der Waals surface area contributed by atoms with Crippen molar-refractivity contribution in [2.75, 3.05) is 0 Å². The predicted molar refractivity (Wildman–Crippen MR) is 78.0 cm³/mol. The number of aliphatic hydroxyl groups is 1. The van der Waals surface area contributed by atoms with Gasteiger partial charge >= 0.3 is 0 Å². The van der Waals surface area contributed by atoms with Crippen molar-refractivity contribution in [1.29, 1.82) is 0 Å². The van der Waals surface area contributed by atoms with Crippen molar-refractivity contribution in [3.8, 4) is 0 Å². The third kappa shape index (κ3) is 5.43. The minimum atomic E-state index is -0.480. The van der Waals surface area contributed by atoms with E-state index in [0.717, 1.165) is 5.56 Å². The molecule has 0 aliphatic rings. The summed E-state index contributed by atoms with van der Waals surface area (Å²) in [6, 6.07) is 6.19. The van der Waals surface area contributed by atoms with E-state index in [9.17, 15) is 9.90 Å². The summed E-state index contributed by atoms with van der Waals surface area (Å²) in [7, 11) is 0. The predicted octanol–water partition coefficient (Wildman–Crippen LogP) is 3.03.